The molecule has 0 radical (unpaired) electrons. The van der Waals surface area contributed by atoms with Gasteiger partial charge in [-0.25, -0.2) is 4.57 Å². The van der Waals surface area contributed by atoms with Gasteiger partial charge in [-0.1, -0.05) is 36.4 Å². The summed E-state index contributed by atoms with van der Waals surface area (Å²) < 4.78 is 27.7. The Morgan fingerprint density at radius 1 is 0.885 bits per heavy atom. The highest BCUT2D eigenvalue weighted by Crippen LogP contribution is 2.64. The van der Waals surface area contributed by atoms with E-state index in [-0.39, 0.29) is 6.04 Å². The molecule has 26 heavy (non-hydrogen) atoms. The van der Waals surface area contributed by atoms with E-state index >= 15 is 0 Å². The van der Waals surface area contributed by atoms with E-state index in [1.807, 2.05) is 41.1 Å². The summed E-state index contributed by atoms with van der Waals surface area (Å²) in [7, 11) is -3.66. The smallest absolute Gasteiger partial charge is 0.404 e. The van der Waals surface area contributed by atoms with Crippen molar-refractivity contribution in [2.24, 2.45) is 17.8 Å². The van der Waals surface area contributed by atoms with Crippen molar-refractivity contribution in [1.29, 1.82) is 0 Å². The summed E-state index contributed by atoms with van der Waals surface area (Å²) in [6, 6.07) is 18.1. The molecule has 136 valence electrons. The molecule has 5 rings (SSSR count). The van der Waals surface area contributed by atoms with Crippen LogP contribution in [0.3, 0.4) is 0 Å². The van der Waals surface area contributed by atoms with E-state index in [9.17, 15) is 9.67 Å². The van der Waals surface area contributed by atoms with Gasteiger partial charge in [0.15, 0.2) is 0 Å². The Hall–Kier alpha value is -1.81. The zero-order chi connectivity index (χ0) is 17.7. The minimum absolute atomic E-state index is 0.142. The van der Waals surface area contributed by atoms with Gasteiger partial charge in [-0.15, -0.1) is 0 Å². The van der Waals surface area contributed by atoms with Crippen molar-refractivity contribution in [3.8, 4) is 11.5 Å². The highest BCUT2D eigenvalue weighted by molar-refractivity contribution is 7.52. The summed E-state index contributed by atoms with van der Waals surface area (Å²) in [5.74, 6) is 2.20. The largest absolute Gasteiger partial charge is 0.515 e. The van der Waals surface area contributed by atoms with Crippen LogP contribution >= 0.6 is 7.75 Å². The molecule has 3 fully saturated rings. The lowest BCUT2D eigenvalue weighted by Gasteiger charge is -2.33. The van der Waals surface area contributed by atoms with Crippen LogP contribution < -0.4 is 9.05 Å². The van der Waals surface area contributed by atoms with E-state index in [0.29, 0.717) is 35.8 Å². The molecule has 2 aliphatic carbocycles. The van der Waals surface area contributed by atoms with E-state index in [0.717, 1.165) is 12.8 Å². The summed E-state index contributed by atoms with van der Waals surface area (Å²) in [4.78, 5) is 0. The van der Waals surface area contributed by atoms with Crippen LogP contribution in [0.2, 0.25) is 0 Å². The first kappa shape index (κ1) is 16.4. The highest BCUT2D eigenvalue weighted by atomic mass is 31.2. The van der Waals surface area contributed by atoms with Gasteiger partial charge in [0, 0.05) is 6.54 Å². The minimum Gasteiger partial charge on any atom is -0.404 e. The van der Waals surface area contributed by atoms with Gasteiger partial charge < -0.3 is 14.2 Å². The van der Waals surface area contributed by atoms with Crippen LogP contribution in [0.25, 0.3) is 0 Å². The number of fused-ring (bicyclic) bond motifs is 1. The van der Waals surface area contributed by atoms with Crippen LogP contribution in [-0.4, -0.2) is 28.5 Å². The van der Waals surface area contributed by atoms with E-state index < -0.39 is 13.9 Å². The number of nitrogens with zero attached hydrogens (tertiary/aromatic N) is 1. The average molecular weight is 371 g/mol. The maximum Gasteiger partial charge on any atom is 0.515 e. The summed E-state index contributed by atoms with van der Waals surface area (Å²) in [5.41, 5.74) is 0. The molecule has 0 aromatic heterocycles. The first-order valence-corrected chi connectivity index (χ1v) is 10.7. The molecule has 1 N–H and O–H groups in total. The van der Waals surface area contributed by atoms with E-state index in [2.05, 4.69) is 0 Å². The van der Waals surface area contributed by atoms with Gasteiger partial charge in [0.1, 0.15) is 11.5 Å². The number of benzene rings is 2. The zero-order valence-corrected chi connectivity index (χ0v) is 15.2. The quantitative estimate of drug-likeness (QED) is 0.807. The van der Waals surface area contributed by atoms with Crippen molar-refractivity contribution in [1.82, 2.24) is 4.67 Å². The fourth-order valence-corrected chi connectivity index (χ4v) is 7.08. The molecule has 0 unspecified atom stereocenters. The number of aliphatic hydroxyl groups is 1. The second kappa shape index (κ2) is 6.12. The molecule has 2 bridgehead atoms. The van der Waals surface area contributed by atoms with Crippen LogP contribution in [0.1, 0.15) is 12.8 Å². The number of rotatable bonds is 5. The van der Waals surface area contributed by atoms with Gasteiger partial charge in [0.25, 0.3) is 0 Å². The maximum atomic E-state index is 14.0. The second-order valence-electron chi connectivity index (χ2n) is 7.54. The molecule has 0 amide bonds. The summed E-state index contributed by atoms with van der Waals surface area (Å²) in [6.45, 7) is 0.653. The monoisotopic (exact) mass is 371 g/mol. The number of aliphatic hydroxyl groups excluding tert-OH is 1. The Kier molecular flexibility index (Phi) is 3.85. The fraction of sp³-hybridized carbons (Fsp3) is 0.400. The third kappa shape index (κ3) is 2.58. The minimum atomic E-state index is -3.66. The molecular formula is C20H22NO4P. The van der Waals surface area contributed by atoms with E-state index in [1.165, 1.54) is 0 Å². The third-order valence-corrected chi connectivity index (χ3v) is 8.01. The van der Waals surface area contributed by atoms with Crippen LogP contribution in [0.15, 0.2) is 60.7 Å². The SMILES string of the molecule is O=P(Oc1ccccc1)(Oc1ccccc1)N1C[C@H]2C[C@@H]3C[C@H]2[C@H]1[C@H]3O. The molecule has 6 heteroatoms. The van der Waals surface area contributed by atoms with Crippen LogP contribution in [-0.2, 0) is 4.57 Å². The molecule has 2 saturated carbocycles. The predicted molar refractivity (Wildman–Crippen MR) is 98.0 cm³/mol. The summed E-state index contributed by atoms with van der Waals surface area (Å²) >= 11 is 0. The Morgan fingerprint density at radius 3 is 2.00 bits per heavy atom. The topological polar surface area (TPSA) is 59.0 Å². The number of hydrogen-bond donors (Lipinski definition) is 1. The summed E-state index contributed by atoms with van der Waals surface area (Å²) in [5, 5.41) is 10.7. The lowest BCUT2D eigenvalue weighted by molar-refractivity contribution is 0.0671. The highest BCUT2D eigenvalue weighted by Gasteiger charge is 2.64. The zero-order valence-electron chi connectivity index (χ0n) is 14.3. The lowest BCUT2D eigenvalue weighted by atomic mass is 9.88. The van der Waals surface area contributed by atoms with Crippen molar-refractivity contribution < 1.29 is 18.7 Å². The normalized spacial score (nSPS) is 32.7. The molecule has 5 atom stereocenters. The third-order valence-electron chi connectivity index (χ3n) is 6.07. The van der Waals surface area contributed by atoms with E-state index in [4.69, 9.17) is 9.05 Å². The molecule has 1 heterocycles. The van der Waals surface area contributed by atoms with Crippen molar-refractivity contribution >= 4 is 7.75 Å². The van der Waals surface area contributed by atoms with Crippen LogP contribution in [0.4, 0.5) is 0 Å². The van der Waals surface area contributed by atoms with Crippen molar-refractivity contribution in [2.75, 3.05) is 6.54 Å². The maximum absolute atomic E-state index is 14.0. The molecule has 2 aromatic carbocycles. The standard InChI is InChI=1S/C20H22NO4P/c22-20-14-11-15-13-21(19(20)18(15)12-14)26(23,24-16-7-3-1-4-8-16)25-17-9-5-2-6-10-17/h1-10,14-15,18-20,22H,11-13H2/t14-,15-,18-,19+,20+/m1/s1. The molecule has 1 saturated heterocycles. The molecule has 1 aliphatic heterocycles. The van der Waals surface area contributed by atoms with Crippen LogP contribution in [0.5, 0.6) is 11.5 Å². The van der Waals surface area contributed by atoms with Crippen LogP contribution in [0, 0.1) is 17.8 Å². The predicted octanol–water partition coefficient (Wildman–Crippen LogP) is 3.95. The Bertz CT molecular complexity index is 783. The van der Waals surface area contributed by atoms with Gasteiger partial charge in [-0.05, 0) is 54.9 Å². The van der Waals surface area contributed by atoms with Crippen molar-refractivity contribution in [2.45, 2.75) is 25.0 Å². The Balaban J connectivity index is 1.51. The van der Waals surface area contributed by atoms with E-state index in [1.54, 1.807) is 24.3 Å². The summed E-state index contributed by atoms with van der Waals surface area (Å²) in [6.07, 6.45) is 1.57. The van der Waals surface area contributed by atoms with Gasteiger partial charge in [0.2, 0.25) is 0 Å². The molecular weight excluding hydrogens is 349 g/mol. The molecule has 2 aromatic rings. The second-order valence-corrected chi connectivity index (χ2v) is 9.35. The molecule has 5 nitrogen and oxygen atoms in total. The fourth-order valence-electron chi connectivity index (χ4n) is 5.02. The average Bonchev–Trinajstić information content (AvgIpc) is 3.26. The Morgan fingerprint density at radius 2 is 1.46 bits per heavy atom. The molecule has 3 aliphatic rings. The van der Waals surface area contributed by atoms with Crippen molar-refractivity contribution in [3.63, 3.8) is 0 Å². The van der Waals surface area contributed by atoms with Gasteiger partial charge in [0.05, 0.1) is 12.1 Å². The van der Waals surface area contributed by atoms with Gasteiger partial charge >= 0.3 is 7.75 Å². The first-order valence-electron chi connectivity index (χ1n) is 9.18. The van der Waals surface area contributed by atoms with Crippen molar-refractivity contribution in [3.05, 3.63) is 60.7 Å². The Labute approximate surface area is 153 Å². The lowest BCUT2D eigenvalue weighted by Crippen LogP contribution is -2.40. The molecule has 0 spiro atoms. The first-order chi connectivity index (χ1) is 12.6. The van der Waals surface area contributed by atoms with Gasteiger partial charge in [-0.3, -0.25) is 0 Å². The number of para-hydroxylation sites is 2. The van der Waals surface area contributed by atoms with Gasteiger partial charge in [-0.2, -0.15) is 4.67 Å². The number of hydrogen-bond acceptors (Lipinski definition) is 4.